The first kappa shape index (κ1) is 32.8. The van der Waals surface area contributed by atoms with Crippen molar-refractivity contribution in [3.8, 4) is 5.75 Å². The Morgan fingerprint density at radius 1 is 1.25 bits per heavy atom. The quantitative estimate of drug-likeness (QED) is 0.296. The number of sulfonamides is 1. The van der Waals surface area contributed by atoms with Gasteiger partial charge in [-0.1, -0.05) is 30.7 Å². The van der Waals surface area contributed by atoms with E-state index in [0.29, 0.717) is 24.7 Å². The molecule has 1 aliphatic heterocycles. The van der Waals surface area contributed by atoms with E-state index >= 15 is 0 Å². The third kappa shape index (κ3) is 6.81. The molecule has 1 spiro atoms. The summed E-state index contributed by atoms with van der Waals surface area (Å²) in [5, 5.41) is 15.3. The molecule has 0 radical (unpaired) electrons. The minimum Gasteiger partial charge on any atom is -0.490 e. The van der Waals surface area contributed by atoms with Gasteiger partial charge in [-0.3, -0.25) is 0 Å². The summed E-state index contributed by atoms with van der Waals surface area (Å²) in [6.07, 6.45) is 7.53. The van der Waals surface area contributed by atoms with Crippen molar-refractivity contribution in [2.75, 3.05) is 31.7 Å². The number of ether oxygens (including phenoxy) is 2. The highest BCUT2D eigenvalue weighted by Gasteiger charge is 2.44. The number of hydrogen-bond acceptors (Lipinski definition) is 6. The van der Waals surface area contributed by atoms with Gasteiger partial charge in [0, 0.05) is 30.6 Å². The molecule has 0 bridgehead atoms. The Kier molecular flexibility index (Phi) is 9.71. The summed E-state index contributed by atoms with van der Waals surface area (Å²) in [4.78, 5) is 14.3. The molecular weight excluding hydrogens is 600 g/mol. The molecule has 2 unspecified atom stereocenters. The summed E-state index contributed by atoms with van der Waals surface area (Å²) in [6.45, 7) is 7.71. The van der Waals surface area contributed by atoms with Crippen LogP contribution in [0.2, 0.25) is 5.02 Å². The predicted octanol–water partition coefficient (Wildman–Crippen LogP) is 6.20. The van der Waals surface area contributed by atoms with Crippen LogP contribution in [0, 0.1) is 17.8 Å². The van der Waals surface area contributed by atoms with Crippen LogP contribution in [0.25, 0.3) is 0 Å². The van der Waals surface area contributed by atoms with Gasteiger partial charge >= 0.3 is 5.97 Å². The minimum atomic E-state index is -3.58. The van der Waals surface area contributed by atoms with Gasteiger partial charge < -0.3 is 19.5 Å². The van der Waals surface area contributed by atoms with Crippen LogP contribution in [0.1, 0.15) is 74.4 Å². The Morgan fingerprint density at radius 3 is 2.68 bits per heavy atom. The number of halogens is 1. The molecular formula is C34H45ClN2O6S. The maximum atomic E-state index is 12.0. The summed E-state index contributed by atoms with van der Waals surface area (Å²) in [5.41, 5.74) is 4.44. The Bertz CT molecular complexity index is 1530. The van der Waals surface area contributed by atoms with E-state index in [1.807, 2.05) is 13.0 Å². The number of hydrogen-bond donors (Lipinski definition) is 2. The lowest BCUT2D eigenvalue weighted by Crippen LogP contribution is -2.50. The number of anilines is 1. The maximum absolute atomic E-state index is 12.0. The summed E-state index contributed by atoms with van der Waals surface area (Å²) in [6, 6.07) is 11.4. The fourth-order valence-electron chi connectivity index (χ4n) is 7.72. The first-order chi connectivity index (χ1) is 20.8. The van der Waals surface area contributed by atoms with Crippen molar-refractivity contribution in [3.05, 3.63) is 69.8 Å². The fraction of sp³-hybridized carbons (Fsp3) is 0.559. The smallest absolute Gasteiger partial charge is 0.335 e. The van der Waals surface area contributed by atoms with E-state index in [1.165, 1.54) is 11.1 Å². The highest BCUT2D eigenvalue weighted by molar-refractivity contribution is 7.89. The van der Waals surface area contributed by atoms with E-state index in [4.69, 9.17) is 26.2 Å². The summed E-state index contributed by atoms with van der Waals surface area (Å²) in [7, 11) is -1.84. The highest BCUT2D eigenvalue weighted by Crippen LogP contribution is 2.47. The molecule has 0 amide bonds. The van der Waals surface area contributed by atoms with E-state index in [2.05, 4.69) is 30.0 Å². The molecule has 0 saturated heterocycles. The average Bonchev–Trinajstić information content (AvgIpc) is 3.10. The van der Waals surface area contributed by atoms with E-state index in [0.717, 1.165) is 61.5 Å². The summed E-state index contributed by atoms with van der Waals surface area (Å²) < 4.78 is 36.2. The van der Waals surface area contributed by atoms with Gasteiger partial charge in [-0.05, 0) is 117 Å². The van der Waals surface area contributed by atoms with Crippen LogP contribution < -0.4 is 14.8 Å². The third-order valence-electron chi connectivity index (χ3n) is 10.1. The van der Waals surface area contributed by atoms with E-state index in [1.54, 1.807) is 32.2 Å². The van der Waals surface area contributed by atoms with Crippen molar-refractivity contribution in [2.45, 2.75) is 76.1 Å². The number of aromatic carboxylic acids is 1. The van der Waals surface area contributed by atoms with Crippen LogP contribution in [0.15, 0.2) is 48.0 Å². The Labute approximate surface area is 266 Å². The molecule has 3 aliphatic rings. The first-order valence-electron chi connectivity index (χ1n) is 15.6. The van der Waals surface area contributed by atoms with Crippen molar-refractivity contribution < 1.29 is 27.8 Å². The molecule has 5 rings (SSSR count). The second-order valence-corrected chi connectivity index (χ2v) is 15.7. The van der Waals surface area contributed by atoms with Gasteiger partial charge in [0.05, 0.1) is 29.2 Å². The monoisotopic (exact) mass is 644 g/mol. The molecule has 1 fully saturated rings. The number of nitrogens with zero attached hydrogens (tertiary/aromatic N) is 1. The van der Waals surface area contributed by atoms with Crippen LogP contribution in [-0.4, -0.2) is 57.7 Å². The van der Waals surface area contributed by atoms with Crippen molar-refractivity contribution >= 4 is 33.3 Å². The fourth-order valence-corrected chi connectivity index (χ4v) is 8.48. The van der Waals surface area contributed by atoms with Crippen LogP contribution >= 0.6 is 11.6 Å². The van der Waals surface area contributed by atoms with Gasteiger partial charge in [-0.25, -0.2) is 18.4 Å². The standard InChI is InChI=1S/C34H45ClN2O6S/c1-21(15-23(3)44(36,40)41)14-22(2)32(42-4)28-10-7-26(28)18-37-19-34(13-5-6-24-16-27(35)9-11-29(24)34)20-43-31-12-8-25(33(38)39)17-30(31)37/h8-9,11-12,14,16-17,21,23,26,28,32H,5-7,10,13,15,18-20H2,1-4H3,(H,38,39)(H2,36,40,41)/b22-14+/t21?,23?,26-,28+,32+,34-/m0/s1. The number of carbonyl (C=O) groups is 1. The zero-order valence-corrected chi connectivity index (χ0v) is 27.7. The van der Waals surface area contributed by atoms with E-state index in [9.17, 15) is 18.3 Å². The van der Waals surface area contributed by atoms with Gasteiger partial charge in [0.1, 0.15) is 5.75 Å². The number of allylic oxidation sites excluding steroid dienone is 1. The molecule has 1 saturated carbocycles. The topological polar surface area (TPSA) is 119 Å². The SMILES string of the molecule is CO[C@H](/C(C)=C/C(C)CC(C)S(N)(=O)=O)[C@@H]1CC[C@H]1CN1C[C@@]2(CCCc3cc(Cl)ccc32)COc2ccc(C(=O)O)cc21. The van der Waals surface area contributed by atoms with Crippen molar-refractivity contribution in [1.29, 1.82) is 0 Å². The lowest BCUT2D eigenvalue weighted by molar-refractivity contribution is 0.00600. The van der Waals surface area contributed by atoms with Gasteiger partial charge in [0.15, 0.2) is 0 Å². The number of methoxy groups -OCH3 is 1. The number of benzene rings is 2. The van der Waals surface area contributed by atoms with Crippen LogP contribution in [0.4, 0.5) is 5.69 Å². The van der Waals surface area contributed by atoms with Crippen LogP contribution in [0.5, 0.6) is 5.75 Å². The van der Waals surface area contributed by atoms with Gasteiger partial charge in [-0.2, -0.15) is 0 Å². The molecule has 44 heavy (non-hydrogen) atoms. The maximum Gasteiger partial charge on any atom is 0.335 e. The summed E-state index contributed by atoms with van der Waals surface area (Å²) in [5.74, 6) is 0.385. The van der Waals surface area contributed by atoms with Crippen molar-refractivity contribution in [3.63, 3.8) is 0 Å². The number of carboxylic acid groups (broad SMARTS) is 1. The molecule has 8 nitrogen and oxygen atoms in total. The molecule has 3 N–H and O–H groups in total. The molecule has 2 aromatic carbocycles. The number of fused-ring (bicyclic) bond motifs is 3. The van der Waals surface area contributed by atoms with Crippen molar-refractivity contribution in [1.82, 2.24) is 0 Å². The first-order valence-corrected chi connectivity index (χ1v) is 17.6. The minimum absolute atomic E-state index is 0.0308. The molecule has 10 heteroatoms. The third-order valence-corrected chi connectivity index (χ3v) is 11.7. The molecule has 240 valence electrons. The number of rotatable bonds is 10. The Morgan fingerprint density at radius 2 is 2.02 bits per heavy atom. The van der Waals surface area contributed by atoms with Gasteiger partial charge in [0.25, 0.3) is 0 Å². The normalized spacial score (nSPS) is 25.6. The predicted molar refractivity (Wildman–Crippen MR) is 174 cm³/mol. The molecule has 1 heterocycles. The lowest BCUT2D eigenvalue weighted by atomic mass is 9.67. The number of aryl methyl sites for hydroxylation is 1. The Hall–Kier alpha value is -2.59. The number of nitrogens with two attached hydrogens (primary N) is 1. The van der Waals surface area contributed by atoms with Crippen LogP contribution in [-0.2, 0) is 26.6 Å². The average molecular weight is 645 g/mol. The lowest BCUT2D eigenvalue weighted by Gasteiger charge is -2.46. The molecule has 2 aliphatic carbocycles. The van der Waals surface area contributed by atoms with E-state index in [-0.39, 0.29) is 28.9 Å². The number of primary sulfonamides is 1. The zero-order chi connectivity index (χ0) is 31.8. The van der Waals surface area contributed by atoms with Crippen LogP contribution in [0.3, 0.4) is 0 Å². The highest BCUT2D eigenvalue weighted by atomic mass is 35.5. The molecule has 2 aromatic rings. The number of carboxylic acids is 1. The zero-order valence-electron chi connectivity index (χ0n) is 26.1. The Balaban J connectivity index is 1.43. The largest absolute Gasteiger partial charge is 0.490 e. The van der Waals surface area contributed by atoms with Gasteiger partial charge in [-0.15, -0.1) is 0 Å². The molecule has 0 aromatic heterocycles. The second kappa shape index (κ2) is 13.0. The second-order valence-electron chi connectivity index (χ2n) is 13.3. The van der Waals surface area contributed by atoms with Crippen molar-refractivity contribution in [2.24, 2.45) is 22.9 Å². The molecule has 6 atom stereocenters. The van der Waals surface area contributed by atoms with E-state index < -0.39 is 21.2 Å². The van der Waals surface area contributed by atoms with Gasteiger partial charge in [0.2, 0.25) is 10.0 Å². The summed E-state index contributed by atoms with van der Waals surface area (Å²) >= 11 is 6.40.